The first kappa shape index (κ1) is 9.77. The second-order valence-electron chi connectivity index (χ2n) is 3.74. The summed E-state index contributed by atoms with van der Waals surface area (Å²) in [5.41, 5.74) is -0.662. The van der Waals surface area contributed by atoms with E-state index in [2.05, 4.69) is 4.98 Å². The standard InChI is InChI=1S/C9H14N2O2/c1-9(2,8(12)13)3-5-11-6-4-10-7-11/h4,6-7H,3,5H2,1-2H3,(H,12,13). The van der Waals surface area contributed by atoms with Crippen LogP contribution >= 0.6 is 0 Å². The van der Waals surface area contributed by atoms with Crippen molar-refractivity contribution in [2.45, 2.75) is 26.8 Å². The minimum Gasteiger partial charge on any atom is -0.481 e. The van der Waals surface area contributed by atoms with E-state index in [1.807, 2.05) is 10.8 Å². The zero-order chi connectivity index (χ0) is 9.90. The number of hydrogen-bond acceptors (Lipinski definition) is 2. The van der Waals surface area contributed by atoms with Gasteiger partial charge in [-0.3, -0.25) is 4.79 Å². The average molecular weight is 182 g/mol. The quantitative estimate of drug-likeness (QED) is 0.765. The number of carboxylic acids is 1. The molecule has 0 fully saturated rings. The van der Waals surface area contributed by atoms with E-state index in [4.69, 9.17) is 5.11 Å². The number of carbonyl (C=O) groups is 1. The highest BCUT2D eigenvalue weighted by Crippen LogP contribution is 2.20. The fourth-order valence-corrected chi connectivity index (χ4v) is 0.935. The monoisotopic (exact) mass is 182 g/mol. The Morgan fingerprint density at radius 1 is 1.62 bits per heavy atom. The van der Waals surface area contributed by atoms with Gasteiger partial charge in [0.15, 0.2) is 0 Å². The Hall–Kier alpha value is -1.32. The molecule has 0 atom stereocenters. The fraction of sp³-hybridized carbons (Fsp3) is 0.556. The second kappa shape index (κ2) is 3.60. The van der Waals surface area contributed by atoms with Crippen molar-refractivity contribution in [1.82, 2.24) is 9.55 Å². The number of rotatable bonds is 4. The zero-order valence-corrected chi connectivity index (χ0v) is 7.90. The van der Waals surface area contributed by atoms with Crippen molar-refractivity contribution >= 4 is 5.97 Å². The van der Waals surface area contributed by atoms with Crippen molar-refractivity contribution in [2.75, 3.05) is 0 Å². The summed E-state index contributed by atoms with van der Waals surface area (Å²) in [4.78, 5) is 14.6. The maximum absolute atomic E-state index is 10.8. The molecule has 0 radical (unpaired) electrons. The molecule has 1 aromatic heterocycles. The summed E-state index contributed by atoms with van der Waals surface area (Å²) in [6.45, 7) is 4.15. The van der Waals surface area contributed by atoms with Gasteiger partial charge in [0.05, 0.1) is 11.7 Å². The van der Waals surface area contributed by atoms with Crippen molar-refractivity contribution in [2.24, 2.45) is 5.41 Å². The highest BCUT2D eigenvalue weighted by Gasteiger charge is 2.26. The molecule has 72 valence electrons. The van der Waals surface area contributed by atoms with Crippen LogP contribution in [0.5, 0.6) is 0 Å². The summed E-state index contributed by atoms with van der Waals surface area (Å²) >= 11 is 0. The van der Waals surface area contributed by atoms with Crippen LogP contribution in [-0.4, -0.2) is 20.6 Å². The van der Waals surface area contributed by atoms with Gasteiger partial charge in [0.1, 0.15) is 0 Å². The van der Waals surface area contributed by atoms with Crippen LogP contribution < -0.4 is 0 Å². The van der Waals surface area contributed by atoms with E-state index in [1.165, 1.54) is 0 Å². The third-order valence-electron chi connectivity index (χ3n) is 2.13. The van der Waals surface area contributed by atoms with E-state index in [1.54, 1.807) is 26.4 Å². The first-order valence-electron chi connectivity index (χ1n) is 4.21. The normalized spacial score (nSPS) is 11.5. The highest BCUT2D eigenvalue weighted by molar-refractivity contribution is 5.73. The van der Waals surface area contributed by atoms with Gasteiger partial charge in [0.2, 0.25) is 0 Å². The van der Waals surface area contributed by atoms with Crippen LogP contribution in [0.25, 0.3) is 0 Å². The predicted octanol–water partition coefficient (Wildman–Crippen LogP) is 1.38. The smallest absolute Gasteiger partial charge is 0.309 e. The molecule has 0 saturated carbocycles. The zero-order valence-electron chi connectivity index (χ0n) is 7.90. The molecule has 0 bridgehead atoms. The van der Waals surface area contributed by atoms with Gasteiger partial charge in [-0.15, -0.1) is 0 Å². The maximum atomic E-state index is 10.8. The lowest BCUT2D eigenvalue weighted by molar-refractivity contribution is -0.147. The van der Waals surface area contributed by atoms with Gasteiger partial charge in [0, 0.05) is 18.9 Å². The molecule has 0 spiro atoms. The number of hydrogen-bond donors (Lipinski definition) is 1. The average Bonchev–Trinajstić information content (AvgIpc) is 2.52. The molecule has 1 N–H and O–H groups in total. The molecule has 0 saturated heterocycles. The van der Waals surface area contributed by atoms with Crippen molar-refractivity contribution in [3.05, 3.63) is 18.7 Å². The third-order valence-corrected chi connectivity index (χ3v) is 2.13. The number of carboxylic acid groups (broad SMARTS) is 1. The van der Waals surface area contributed by atoms with E-state index in [-0.39, 0.29) is 0 Å². The summed E-state index contributed by atoms with van der Waals surface area (Å²) in [6, 6.07) is 0. The van der Waals surface area contributed by atoms with Crippen LogP contribution in [0.15, 0.2) is 18.7 Å². The molecule has 13 heavy (non-hydrogen) atoms. The van der Waals surface area contributed by atoms with Gasteiger partial charge in [-0.25, -0.2) is 4.98 Å². The molecule has 0 aliphatic carbocycles. The van der Waals surface area contributed by atoms with Crippen molar-refractivity contribution < 1.29 is 9.90 Å². The number of aryl methyl sites for hydroxylation is 1. The molecule has 1 rings (SSSR count). The summed E-state index contributed by atoms with van der Waals surface area (Å²) in [6.07, 6.45) is 5.82. The molecule has 1 aromatic rings. The van der Waals surface area contributed by atoms with Crippen LogP contribution in [0.1, 0.15) is 20.3 Å². The summed E-state index contributed by atoms with van der Waals surface area (Å²) < 4.78 is 1.88. The molecule has 4 heteroatoms. The van der Waals surface area contributed by atoms with Gasteiger partial charge < -0.3 is 9.67 Å². The first-order valence-corrected chi connectivity index (χ1v) is 4.21. The molecule has 0 aromatic carbocycles. The third kappa shape index (κ3) is 2.57. The van der Waals surface area contributed by atoms with E-state index >= 15 is 0 Å². The Kier molecular flexibility index (Phi) is 2.70. The van der Waals surface area contributed by atoms with E-state index in [0.717, 1.165) is 0 Å². The lowest BCUT2D eigenvalue weighted by Gasteiger charge is -2.18. The summed E-state index contributed by atoms with van der Waals surface area (Å²) in [5.74, 6) is -0.757. The molecule has 4 nitrogen and oxygen atoms in total. The number of imidazole rings is 1. The van der Waals surface area contributed by atoms with Gasteiger partial charge >= 0.3 is 5.97 Å². The molecule has 0 amide bonds. The van der Waals surface area contributed by atoms with E-state index in [9.17, 15) is 4.79 Å². The lowest BCUT2D eigenvalue weighted by Crippen LogP contribution is -2.25. The van der Waals surface area contributed by atoms with Crippen molar-refractivity contribution in [3.8, 4) is 0 Å². The van der Waals surface area contributed by atoms with Crippen LogP contribution in [0.2, 0.25) is 0 Å². The summed E-state index contributed by atoms with van der Waals surface area (Å²) in [7, 11) is 0. The van der Waals surface area contributed by atoms with Crippen LogP contribution in [0.3, 0.4) is 0 Å². The Bertz CT molecular complexity index is 278. The predicted molar refractivity (Wildman–Crippen MR) is 48.3 cm³/mol. The van der Waals surface area contributed by atoms with Gasteiger partial charge in [-0.1, -0.05) is 0 Å². The Labute approximate surface area is 77.2 Å². The minimum absolute atomic E-state index is 0.610. The number of nitrogens with zero attached hydrogens (tertiary/aromatic N) is 2. The largest absolute Gasteiger partial charge is 0.481 e. The van der Waals surface area contributed by atoms with Gasteiger partial charge in [0.25, 0.3) is 0 Å². The van der Waals surface area contributed by atoms with E-state index in [0.29, 0.717) is 13.0 Å². The SMILES string of the molecule is CC(C)(CCn1ccnc1)C(=O)O. The molecule has 1 heterocycles. The molecule has 0 unspecified atom stereocenters. The maximum Gasteiger partial charge on any atom is 0.309 e. The second-order valence-corrected chi connectivity index (χ2v) is 3.74. The lowest BCUT2D eigenvalue weighted by atomic mass is 9.90. The Balaban J connectivity index is 2.47. The Morgan fingerprint density at radius 3 is 2.77 bits per heavy atom. The van der Waals surface area contributed by atoms with E-state index < -0.39 is 11.4 Å². The van der Waals surface area contributed by atoms with Crippen molar-refractivity contribution in [3.63, 3.8) is 0 Å². The molecular weight excluding hydrogens is 168 g/mol. The van der Waals surface area contributed by atoms with Gasteiger partial charge in [-0.05, 0) is 20.3 Å². The molecule has 0 aliphatic rings. The summed E-state index contributed by atoms with van der Waals surface area (Å²) in [5, 5.41) is 8.85. The molecular formula is C9H14N2O2. The van der Waals surface area contributed by atoms with Crippen LogP contribution in [0.4, 0.5) is 0 Å². The fourth-order valence-electron chi connectivity index (χ4n) is 0.935. The minimum atomic E-state index is -0.757. The van der Waals surface area contributed by atoms with Crippen LogP contribution in [-0.2, 0) is 11.3 Å². The number of aliphatic carboxylic acids is 1. The molecule has 0 aliphatic heterocycles. The van der Waals surface area contributed by atoms with Gasteiger partial charge in [-0.2, -0.15) is 0 Å². The van der Waals surface area contributed by atoms with Crippen LogP contribution in [0, 0.1) is 5.41 Å². The number of aromatic nitrogens is 2. The topological polar surface area (TPSA) is 55.1 Å². The first-order chi connectivity index (χ1) is 6.02. The van der Waals surface area contributed by atoms with Crippen molar-refractivity contribution in [1.29, 1.82) is 0 Å². The Morgan fingerprint density at radius 2 is 2.31 bits per heavy atom. The highest BCUT2D eigenvalue weighted by atomic mass is 16.4.